The average molecular weight is 544 g/mol. The number of benzene rings is 1. The lowest BCUT2D eigenvalue weighted by atomic mass is 9.97. The van der Waals surface area contributed by atoms with Crippen LogP contribution in [0.15, 0.2) is 28.5 Å². The van der Waals surface area contributed by atoms with Gasteiger partial charge in [0.2, 0.25) is 6.79 Å². The Morgan fingerprint density at radius 1 is 1.23 bits per heavy atom. The number of imidazole rings is 1. The lowest BCUT2D eigenvalue weighted by Crippen LogP contribution is -2.28. The third kappa shape index (κ3) is 4.75. The molecule has 1 aliphatic heterocycles. The van der Waals surface area contributed by atoms with Crippen molar-refractivity contribution in [3.8, 4) is 11.5 Å². The second-order valence-corrected chi connectivity index (χ2v) is 10.5. The summed E-state index contributed by atoms with van der Waals surface area (Å²) in [6, 6.07) is 3.99. The molecular formula is C20H25IN6O2S. The molecule has 0 atom stereocenters. The lowest BCUT2D eigenvalue weighted by Gasteiger charge is -2.18. The number of aryl methyl sites for hydroxylation is 1. The van der Waals surface area contributed by atoms with E-state index in [9.17, 15) is 0 Å². The molecule has 0 fully saturated rings. The number of rotatable bonds is 7. The second kappa shape index (κ2) is 8.75. The van der Waals surface area contributed by atoms with Gasteiger partial charge in [0.1, 0.15) is 6.33 Å². The first kappa shape index (κ1) is 21.4. The van der Waals surface area contributed by atoms with Crippen molar-refractivity contribution in [2.45, 2.75) is 43.8 Å². The Kier molecular flexibility index (Phi) is 6.26. The summed E-state index contributed by atoms with van der Waals surface area (Å²) in [5.41, 5.74) is 7.74. The largest absolute Gasteiger partial charge is 0.454 e. The topological polar surface area (TPSA) is 100 Å². The van der Waals surface area contributed by atoms with E-state index in [1.807, 2.05) is 12.1 Å². The van der Waals surface area contributed by atoms with Crippen molar-refractivity contribution in [3.63, 3.8) is 0 Å². The molecule has 0 unspecified atom stereocenters. The molecule has 0 bridgehead atoms. The van der Waals surface area contributed by atoms with Crippen LogP contribution in [0.25, 0.3) is 11.2 Å². The fourth-order valence-electron chi connectivity index (χ4n) is 3.11. The third-order valence-corrected chi connectivity index (χ3v) is 6.85. The summed E-state index contributed by atoms with van der Waals surface area (Å²) >= 11 is 3.88. The van der Waals surface area contributed by atoms with Gasteiger partial charge >= 0.3 is 0 Å². The zero-order valence-corrected chi connectivity index (χ0v) is 20.2. The van der Waals surface area contributed by atoms with E-state index >= 15 is 0 Å². The number of nitrogens with zero attached hydrogens (tertiary/aromatic N) is 4. The highest BCUT2D eigenvalue weighted by atomic mass is 131. The van der Waals surface area contributed by atoms with Crippen molar-refractivity contribution < 1.29 is 9.47 Å². The molecule has 0 amide bonds. The number of nitrogens with two attached hydrogens (primary N) is 1. The highest BCUT2D eigenvalue weighted by Gasteiger charge is 2.20. The summed E-state index contributed by atoms with van der Waals surface area (Å²) in [6.07, 6.45) is 2.45. The summed E-state index contributed by atoms with van der Waals surface area (Å²) in [5, 5.41) is 4.36. The van der Waals surface area contributed by atoms with Crippen LogP contribution in [0.5, 0.6) is 11.5 Å². The van der Waals surface area contributed by atoms with E-state index in [1.54, 1.807) is 11.8 Å². The van der Waals surface area contributed by atoms with E-state index in [0.29, 0.717) is 11.3 Å². The van der Waals surface area contributed by atoms with E-state index in [-0.39, 0.29) is 12.2 Å². The van der Waals surface area contributed by atoms with Gasteiger partial charge in [0.15, 0.2) is 33.6 Å². The van der Waals surface area contributed by atoms with Crippen LogP contribution in [0.4, 0.5) is 5.82 Å². The maximum absolute atomic E-state index is 6.07. The van der Waals surface area contributed by atoms with Crippen molar-refractivity contribution in [1.82, 2.24) is 24.8 Å². The molecule has 0 radical (unpaired) electrons. The van der Waals surface area contributed by atoms with Crippen molar-refractivity contribution in [2.75, 3.05) is 25.6 Å². The van der Waals surface area contributed by atoms with Crippen LogP contribution in [0.3, 0.4) is 0 Å². The van der Waals surface area contributed by atoms with Crippen LogP contribution in [0.2, 0.25) is 0 Å². The van der Waals surface area contributed by atoms with Crippen molar-refractivity contribution in [2.24, 2.45) is 5.41 Å². The quantitative estimate of drug-likeness (QED) is 0.341. The standard InChI is InChI=1S/C20H25IN6O2S/c1-20(2,3)9-23-5-4-6-27-18-16(17(22)24-10-25-18)26-19(27)30-15-8-14-13(7-12(15)21)28-11-29-14/h7-8,10,23H,4-6,9,11H2,1-3H3,(H2,22,24,25)/i21+4. The Labute approximate surface area is 193 Å². The molecule has 1 aliphatic rings. The van der Waals surface area contributed by atoms with Gasteiger partial charge in [-0.1, -0.05) is 32.5 Å². The van der Waals surface area contributed by atoms with Crippen molar-refractivity contribution in [1.29, 1.82) is 0 Å². The first-order chi connectivity index (χ1) is 14.3. The lowest BCUT2D eigenvalue weighted by molar-refractivity contribution is 0.174. The molecule has 4 rings (SSSR count). The number of hydrogen-bond acceptors (Lipinski definition) is 8. The monoisotopic (exact) mass is 544 g/mol. The maximum Gasteiger partial charge on any atom is 0.231 e. The Morgan fingerprint density at radius 3 is 2.77 bits per heavy atom. The fourth-order valence-corrected chi connectivity index (χ4v) is 4.83. The zero-order chi connectivity index (χ0) is 21.3. The first-order valence-corrected chi connectivity index (χ1v) is 11.7. The van der Waals surface area contributed by atoms with E-state index in [0.717, 1.165) is 56.8 Å². The van der Waals surface area contributed by atoms with Gasteiger partial charge in [-0.25, -0.2) is 15.0 Å². The summed E-state index contributed by atoms with van der Waals surface area (Å²) in [5.74, 6) is 1.93. The highest BCUT2D eigenvalue weighted by molar-refractivity contribution is 14.1. The number of fused-ring (bicyclic) bond motifs is 2. The minimum Gasteiger partial charge on any atom is -0.454 e. The van der Waals surface area contributed by atoms with E-state index in [1.165, 1.54) is 6.33 Å². The second-order valence-electron chi connectivity index (χ2n) is 8.31. The first-order valence-electron chi connectivity index (χ1n) is 9.76. The Balaban J connectivity index is 1.58. The highest BCUT2D eigenvalue weighted by Crippen LogP contribution is 2.41. The van der Waals surface area contributed by atoms with Gasteiger partial charge in [-0.3, -0.25) is 0 Å². The van der Waals surface area contributed by atoms with Gasteiger partial charge < -0.3 is 25.1 Å². The summed E-state index contributed by atoms with van der Waals surface area (Å²) in [7, 11) is 0. The number of ether oxygens (including phenoxy) is 2. The minimum atomic E-state index is 0.256. The number of aromatic nitrogens is 4. The number of anilines is 1. The van der Waals surface area contributed by atoms with Gasteiger partial charge in [0, 0.05) is 15.0 Å². The molecule has 160 valence electrons. The van der Waals surface area contributed by atoms with Gasteiger partial charge in [0.05, 0.1) is 0 Å². The normalized spacial score (nSPS) is 13.3. The van der Waals surface area contributed by atoms with Crippen LogP contribution >= 0.6 is 34.4 Å². The Morgan fingerprint density at radius 2 is 2.00 bits per heavy atom. The average Bonchev–Trinajstić information content (AvgIpc) is 3.26. The number of nitrogen functional groups attached to an aromatic ring is 1. The molecule has 0 saturated heterocycles. The van der Waals surface area contributed by atoms with E-state index in [2.05, 4.69) is 63.2 Å². The molecule has 0 aliphatic carbocycles. The third-order valence-electron chi connectivity index (χ3n) is 4.54. The molecule has 3 heterocycles. The van der Waals surface area contributed by atoms with Crippen LogP contribution < -0.4 is 20.5 Å². The summed E-state index contributed by atoms with van der Waals surface area (Å²) in [4.78, 5) is 14.4. The molecule has 3 aromatic rings. The number of nitrogens with one attached hydrogen (secondary N) is 1. The van der Waals surface area contributed by atoms with Crippen molar-refractivity contribution >= 4 is 51.3 Å². The molecular weight excluding hydrogens is 519 g/mol. The maximum atomic E-state index is 6.07. The van der Waals surface area contributed by atoms with Crippen LogP contribution in [-0.2, 0) is 6.54 Å². The fraction of sp³-hybridized carbons (Fsp3) is 0.450. The van der Waals surface area contributed by atoms with Crippen LogP contribution in [0.1, 0.15) is 27.2 Å². The Hall–Kier alpha value is -1.79. The summed E-state index contributed by atoms with van der Waals surface area (Å²) < 4.78 is 14.2. The van der Waals surface area contributed by atoms with Crippen LogP contribution in [-0.4, -0.2) is 39.4 Å². The Bertz CT molecular complexity index is 1070. The minimum absolute atomic E-state index is 0.256. The van der Waals surface area contributed by atoms with Crippen molar-refractivity contribution in [3.05, 3.63) is 22.0 Å². The number of hydrogen-bond donors (Lipinski definition) is 2. The van der Waals surface area contributed by atoms with Gasteiger partial charge in [-0.05, 0) is 59.6 Å². The predicted octanol–water partition coefficient (Wildman–Crippen LogP) is 3.92. The number of halogens is 1. The van der Waals surface area contributed by atoms with Gasteiger partial charge in [-0.2, -0.15) is 0 Å². The molecule has 0 saturated carbocycles. The van der Waals surface area contributed by atoms with E-state index < -0.39 is 0 Å². The summed E-state index contributed by atoms with van der Waals surface area (Å²) in [6.45, 7) is 9.62. The smallest absolute Gasteiger partial charge is 0.231 e. The molecule has 8 nitrogen and oxygen atoms in total. The molecule has 30 heavy (non-hydrogen) atoms. The van der Waals surface area contributed by atoms with Gasteiger partial charge in [-0.15, -0.1) is 0 Å². The molecule has 1 aromatic carbocycles. The van der Waals surface area contributed by atoms with Gasteiger partial charge in [0.25, 0.3) is 0 Å². The van der Waals surface area contributed by atoms with E-state index in [4.69, 9.17) is 20.2 Å². The van der Waals surface area contributed by atoms with Crippen LogP contribution in [0, 0.1) is 8.99 Å². The SMILES string of the molecule is CC(C)(C)CNCCCn1c(Sc2cc3c(cc2[131I])OCO3)nc2c(N)ncnc21. The zero-order valence-electron chi connectivity index (χ0n) is 17.2. The molecule has 0 spiro atoms. The molecule has 3 N–H and O–H groups in total. The molecule has 10 heteroatoms. The predicted molar refractivity (Wildman–Crippen MR) is 126 cm³/mol. The molecule has 2 aromatic heterocycles.